The maximum absolute atomic E-state index is 12.3. The second-order valence-electron chi connectivity index (χ2n) is 6.75. The van der Waals surface area contributed by atoms with Crippen molar-refractivity contribution in [2.75, 3.05) is 0 Å². The summed E-state index contributed by atoms with van der Waals surface area (Å²) in [6.07, 6.45) is 6.35. The van der Waals surface area contributed by atoms with Crippen LogP contribution in [-0.2, 0) is 24.3 Å². The number of carbonyl (C=O) groups is 2. The second kappa shape index (κ2) is 8.66. The third kappa shape index (κ3) is 5.06. The number of nitrogens with zero attached hydrogens (tertiary/aromatic N) is 2. The molecule has 2 N–H and O–H groups in total. The lowest BCUT2D eigenvalue weighted by atomic mass is 10.2. The minimum atomic E-state index is -0.352. The van der Waals surface area contributed by atoms with Crippen molar-refractivity contribution in [3.63, 3.8) is 0 Å². The summed E-state index contributed by atoms with van der Waals surface area (Å²) in [4.78, 5) is 36.5. The lowest BCUT2D eigenvalue weighted by Gasteiger charge is -2.13. The Labute approximate surface area is 156 Å². The maximum atomic E-state index is 12.3. The first-order valence-corrected chi connectivity index (χ1v) is 9.27. The Morgan fingerprint density at radius 1 is 1.30 bits per heavy atom. The number of amides is 2. The van der Waals surface area contributed by atoms with Gasteiger partial charge in [-0.2, -0.15) is 0 Å². The molecule has 1 fully saturated rings. The Balaban J connectivity index is 1.60. The molecule has 0 atom stereocenters. The largest absolute Gasteiger partial charge is 0.359 e. The Morgan fingerprint density at radius 2 is 2.07 bits per heavy atom. The average Bonchev–Trinajstić information content (AvgIpc) is 3.33. The van der Waals surface area contributed by atoms with Crippen molar-refractivity contribution in [3.8, 4) is 0 Å². The summed E-state index contributed by atoms with van der Waals surface area (Å²) >= 11 is 0. The first kappa shape index (κ1) is 18.9. The summed E-state index contributed by atoms with van der Waals surface area (Å²) in [5.74, 6) is -0.00539. The third-order valence-corrected chi connectivity index (χ3v) is 4.67. The average molecular weight is 372 g/mol. The Bertz CT molecular complexity index is 865. The number of hydrogen-bond donors (Lipinski definition) is 2. The van der Waals surface area contributed by atoms with E-state index in [1.165, 1.54) is 22.9 Å². The molecule has 1 aliphatic carbocycles. The standard InChI is InChI=1S/C19H24N4O4/c1-2-14-9-16(27-22-14)10-20-19(26)13-7-8-18(25)23(11-13)12-17(24)21-15-5-3-4-6-15/h7-9,11,15H,2-6,10,12H2,1H3,(H,20,26)(H,21,24). The molecule has 3 rings (SSSR count). The molecule has 0 bridgehead atoms. The maximum Gasteiger partial charge on any atom is 0.253 e. The minimum absolute atomic E-state index is 0.0988. The van der Waals surface area contributed by atoms with Crippen LogP contribution in [-0.4, -0.2) is 27.6 Å². The molecule has 0 aromatic carbocycles. The van der Waals surface area contributed by atoms with Crippen LogP contribution in [0.2, 0.25) is 0 Å². The van der Waals surface area contributed by atoms with Gasteiger partial charge in [0, 0.05) is 24.4 Å². The number of nitrogens with one attached hydrogen (secondary N) is 2. The van der Waals surface area contributed by atoms with Gasteiger partial charge in [-0.1, -0.05) is 24.9 Å². The summed E-state index contributed by atoms with van der Waals surface area (Å²) in [6.45, 7) is 2.07. The molecule has 0 spiro atoms. The van der Waals surface area contributed by atoms with E-state index in [1.807, 2.05) is 6.92 Å². The van der Waals surface area contributed by atoms with Gasteiger partial charge in [-0.25, -0.2) is 0 Å². The molecule has 2 aromatic rings. The summed E-state index contributed by atoms with van der Waals surface area (Å²) in [5, 5.41) is 9.53. The number of aryl methyl sites for hydroxylation is 1. The normalized spacial score (nSPS) is 14.3. The zero-order valence-corrected chi connectivity index (χ0v) is 15.4. The summed E-state index contributed by atoms with van der Waals surface area (Å²) in [6, 6.07) is 4.71. The van der Waals surface area contributed by atoms with Gasteiger partial charge in [-0.3, -0.25) is 14.4 Å². The van der Waals surface area contributed by atoms with Crippen molar-refractivity contribution in [1.29, 1.82) is 0 Å². The van der Waals surface area contributed by atoms with E-state index < -0.39 is 0 Å². The first-order chi connectivity index (χ1) is 13.0. The van der Waals surface area contributed by atoms with E-state index in [1.54, 1.807) is 6.07 Å². The van der Waals surface area contributed by atoms with Crippen LogP contribution in [0.5, 0.6) is 0 Å². The van der Waals surface area contributed by atoms with Crippen LogP contribution in [0, 0.1) is 0 Å². The third-order valence-electron chi connectivity index (χ3n) is 4.67. The Morgan fingerprint density at radius 3 is 2.78 bits per heavy atom. The van der Waals surface area contributed by atoms with E-state index in [0.717, 1.165) is 37.8 Å². The number of aromatic nitrogens is 2. The van der Waals surface area contributed by atoms with Gasteiger partial charge in [0.15, 0.2) is 5.76 Å². The number of rotatable bonds is 7. The molecule has 27 heavy (non-hydrogen) atoms. The highest BCUT2D eigenvalue weighted by Gasteiger charge is 2.18. The molecule has 2 heterocycles. The molecule has 8 nitrogen and oxygen atoms in total. The molecule has 2 aromatic heterocycles. The van der Waals surface area contributed by atoms with Crippen molar-refractivity contribution in [2.24, 2.45) is 0 Å². The zero-order chi connectivity index (χ0) is 19.2. The quantitative estimate of drug-likeness (QED) is 0.764. The molecule has 8 heteroatoms. The van der Waals surface area contributed by atoms with Crippen LogP contribution < -0.4 is 16.2 Å². The van der Waals surface area contributed by atoms with E-state index in [2.05, 4.69) is 15.8 Å². The molecular formula is C19H24N4O4. The molecule has 0 unspecified atom stereocenters. The lowest BCUT2D eigenvalue weighted by molar-refractivity contribution is -0.122. The van der Waals surface area contributed by atoms with E-state index in [9.17, 15) is 14.4 Å². The topological polar surface area (TPSA) is 106 Å². The number of pyridine rings is 1. The fourth-order valence-corrected chi connectivity index (χ4v) is 3.16. The summed E-state index contributed by atoms with van der Waals surface area (Å²) in [7, 11) is 0. The summed E-state index contributed by atoms with van der Waals surface area (Å²) < 4.78 is 6.38. The Kier molecular flexibility index (Phi) is 6.05. The molecule has 2 amide bonds. The minimum Gasteiger partial charge on any atom is -0.359 e. The van der Waals surface area contributed by atoms with Gasteiger partial charge in [0.25, 0.3) is 11.5 Å². The summed E-state index contributed by atoms with van der Waals surface area (Å²) in [5.41, 5.74) is 0.801. The van der Waals surface area contributed by atoms with Crippen LogP contribution in [0.4, 0.5) is 0 Å². The van der Waals surface area contributed by atoms with E-state index >= 15 is 0 Å². The number of hydrogen-bond acceptors (Lipinski definition) is 5. The van der Waals surface area contributed by atoms with Gasteiger partial charge in [0.1, 0.15) is 6.54 Å². The predicted molar refractivity (Wildman–Crippen MR) is 98.2 cm³/mol. The highest BCUT2D eigenvalue weighted by atomic mass is 16.5. The fourth-order valence-electron chi connectivity index (χ4n) is 3.16. The molecule has 0 radical (unpaired) electrons. The highest BCUT2D eigenvalue weighted by molar-refractivity contribution is 5.93. The van der Waals surface area contributed by atoms with Crippen molar-refractivity contribution in [2.45, 2.75) is 58.2 Å². The molecular weight excluding hydrogens is 348 g/mol. The van der Waals surface area contributed by atoms with Gasteiger partial charge < -0.3 is 19.7 Å². The van der Waals surface area contributed by atoms with Gasteiger partial charge in [-0.05, 0) is 25.3 Å². The van der Waals surface area contributed by atoms with E-state index in [-0.39, 0.29) is 36.5 Å². The lowest BCUT2D eigenvalue weighted by Crippen LogP contribution is -2.37. The van der Waals surface area contributed by atoms with Gasteiger partial charge in [-0.15, -0.1) is 0 Å². The number of carbonyl (C=O) groups excluding carboxylic acids is 2. The van der Waals surface area contributed by atoms with Crippen LogP contribution >= 0.6 is 0 Å². The fraction of sp³-hybridized carbons (Fsp3) is 0.474. The molecule has 1 aliphatic rings. The second-order valence-corrected chi connectivity index (χ2v) is 6.75. The molecule has 0 saturated heterocycles. The van der Waals surface area contributed by atoms with Gasteiger partial charge in [0.2, 0.25) is 5.91 Å². The van der Waals surface area contributed by atoms with Crippen molar-refractivity contribution < 1.29 is 14.1 Å². The monoisotopic (exact) mass is 372 g/mol. The van der Waals surface area contributed by atoms with Crippen LogP contribution in [0.3, 0.4) is 0 Å². The molecule has 1 saturated carbocycles. The van der Waals surface area contributed by atoms with Gasteiger partial charge in [0.05, 0.1) is 17.8 Å². The van der Waals surface area contributed by atoms with Crippen molar-refractivity contribution in [1.82, 2.24) is 20.4 Å². The Hall–Kier alpha value is -2.90. The van der Waals surface area contributed by atoms with Crippen molar-refractivity contribution in [3.05, 3.63) is 51.8 Å². The molecule has 144 valence electrons. The van der Waals surface area contributed by atoms with E-state index in [0.29, 0.717) is 11.3 Å². The predicted octanol–water partition coefficient (Wildman–Crippen LogP) is 1.39. The van der Waals surface area contributed by atoms with E-state index in [4.69, 9.17) is 4.52 Å². The van der Waals surface area contributed by atoms with Crippen LogP contribution in [0.25, 0.3) is 0 Å². The SMILES string of the molecule is CCc1cc(CNC(=O)c2ccc(=O)n(CC(=O)NC3CCCC3)c2)on1. The smallest absolute Gasteiger partial charge is 0.253 e. The highest BCUT2D eigenvalue weighted by Crippen LogP contribution is 2.17. The van der Waals surface area contributed by atoms with Crippen LogP contribution in [0.15, 0.2) is 33.7 Å². The zero-order valence-electron chi connectivity index (χ0n) is 15.4. The van der Waals surface area contributed by atoms with Gasteiger partial charge >= 0.3 is 0 Å². The van der Waals surface area contributed by atoms with Crippen LogP contribution in [0.1, 0.15) is 54.4 Å². The molecule has 0 aliphatic heterocycles. The van der Waals surface area contributed by atoms with Crippen molar-refractivity contribution >= 4 is 11.8 Å². The first-order valence-electron chi connectivity index (χ1n) is 9.27.